The third kappa shape index (κ3) is 6.38. The molecule has 7 nitrogen and oxygen atoms in total. The van der Waals surface area contributed by atoms with Gasteiger partial charge in [0.2, 0.25) is 0 Å². The lowest BCUT2D eigenvalue weighted by atomic mass is 10.1. The number of hydrogen-bond donors (Lipinski definition) is 0. The number of carbonyl (C=O) groups excluding carboxylic acids is 3. The number of imide groups is 1. The van der Waals surface area contributed by atoms with Crippen molar-refractivity contribution in [2.45, 2.75) is 39.9 Å². The van der Waals surface area contributed by atoms with Crippen LogP contribution >= 0.6 is 11.8 Å². The summed E-state index contributed by atoms with van der Waals surface area (Å²) in [5, 5.41) is -0.502. The Morgan fingerprint density at radius 1 is 1.12 bits per heavy atom. The highest BCUT2D eigenvalue weighted by Crippen LogP contribution is 2.34. The number of methoxy groups -OCH3 is 1. The lowest BCUT2D eigenvalue weighted by molar-refractivity contribution is -0.150. The molecule has 0 saturated carbocycles. The molecular formula is C25H27NO6S. The summed E-state index contributed by atoms with van der Waals surface area (Å²) in [5.74, 6) is -0.0576. The molecule has 33 heavy (non-hydrogen) atoms. The van der Waals surface area contributed by atoms with Gasteiger partial charge >= 0.3 is 5.97 Å². The number of thioether (sulfide) groups is 1. The predicted octanol–water partition coefficient (Wildman–Crippen LogP) is 4.96. The van der Waals surface area contributed by atoms with Crippen LogP contribution < -0.4 is 9.47 Å². The van der Waals surface area contributed by atoms with Gasteiger partial charge in [-0.05, 0) is 61.4 Å². The van der Waals surface area contributed by atoms with Crippen molar-refractivity contribution in [3.63, 3.8) is 0 Å². The van der Waals surface area contributed by atoms with E-state index in [-0.39, 0.29) is 11.0 Å². The molecule has 0 aromatic heterocycles. The Balaban J connectivity index is 1.69. The molecule has 1 saturated heterocycles. The molecule has 1 atom stereocenters. The molecule has 0 spiro atoms. The average Bonchev–Trinajstić information content (AvgIpc) is 3.06. The van der Waals surface area contributed by atoms with Crippen LogP contribution in [0.15, 0.2) is 47.4 Å². The second-order valence-corrected chi connectivity index (χ2v) is 8.65. The molecule has 0 N–H and O–H groups in total. The van der Waals surface area contributed by atoms with E-state index in [0.29, 0.717) is 30.1 Å². The third-order valence-corrected chi connectivity index (χ3v) is 5.98. The minimum atomic E-state index is -0.607. The zero-order valence-corrected chi connectivity index (χ0v) is 19.9. The van der Waals surface area contributed by atoms with Gasteiger partial charge in [0, 0.05) is 0 Å². The Kier molecular flexibility index (Phi) is 8.16. The molecule has 3 rings (SSSR count). The number of amides is 2. The molecule has 1 fully saturated rings. The maximum absolute atomic E-state index is 12.7. The summed E-state index contributed by atoms with van der Waals surface area (Å²) in [6.07, 6.45) is 1.98. The number of nitrogens with zero attached hydrogens (tertiary/aromatic N) is 1. The molecule has 0 radical (unpaired) electrons. The van der Waals surface area contributed by atoms with Gasteiger partial charge in [0.25, 0.3) is 11.1 Å². The molecule has 0 aliphatic carbocycles. The highest BCUT2D eigenvalue weighted by atomic mass is 32.2. The van der Waals surface area contributed by atoms with E-state index in [9.17, 15) is 14.4 Å². The van der Waals surface area contributed by atoms with Gasteiger partial charge in [-0.2, -0.15) is 0 Å². The topological polar surface area (TPSA) is 82.1 Å². The minimum Gasteiger partial charge on any atom is -0.493 e. The first-order valence-corrected chi connectivity index (χ1v) is 11.4. The number of esters is 1. The molecule has 0 unspecified atom stereocenters. The van der Waals surface area contributed by atoms with Crippen LogP contribution in [0.2, 0.25) is 0 Å². The van der Waals surface area contributed by atoms with Crippen molar-refractivity contribution >= 4 is 35.0 Å². The normalized spacial score (nSPS) is 15.6. The fourth-order valence-electron chi connectivity index (χ4n) is 3.00. The van der Waals surface area contributed by atoms with Gasteiger partial charge in [0.1, 0.15) is 13.2 Å². The number of rotatable bonds is 9. The highest BCUT2D eigenvalue weighted by molar-refractivity contribution is 8.18. The molecular weight excluding hydrogens is 442 g/mol. The fourth-order valence-corrected chi connectivity index (χ4v) is 3.84. The number of hydrogen-bond acceptors (Lipinski definition) is 7. The molecule has 8 heteroatoms. The minimum absolute atomic E-state index is 0.228. The molecule has 2 aromatic carbocycles. The number of aryl methyl sites for hydroxylation is 1. The van der Waals surface area contributed by atoms with E-state index in [2.05, 4.69) is 0 Å². The van der Waals surface area contributed by atoms with Crippen LogP contribution in [0.4, 0.5) is 4.79 Å². The lowest BCUT2D eigenvalue weighted by Gasteiger charge is -2.14. The van der Waals surface area contributed by atoms with Crippen molar-refractivity contribution in [1.29, 1.82) is 0 Å². The number of ether oxygens (including phenoxy) is 3. The first-order valence-electron chi connectivity index (χ1n) is 10.6. The maximum atomic E-state index is 12.7. The van der Waals surface area contributed by atoms with Gasteiger partial charge < -0.3 is 14.2 Å². The summed E-state index contributed by atoms with van der Waals surface area (Å²) in [5.41, 5.74) is 2.88. The Labute approximate surface area is 197 Å². The molecule has 2 amide bonds. The molecule has 1 heterocycles. The molecule has 174 valence electrons. The van der Waals surface area contributed by atoms with E-state index in [1.54, 1.807) is 31.2 Å². The molecule has 2 aromatic rings. The van der Waals surface area contributed by atoms with Gasteiger partial charge in [0.05, 0.1) is 18.1 Å². The Bertz CT molecular complexity index is 1060. The summed E-state index contributed by atoms with van der Waals surface area (Å²) in [6, 6.07) is 13.3. The van der Waals surface area contributed by atoms with Crippen LogP contribution in [0.25, 0.3) is 6.08 Å². The van der Waals surface area contributed by atoms with Crippen LogP contribution in [0.3, 0.4) is 0 Å². The first-order chi connectivity index (χ1) is 15.8. The summed E-state index contributed by atoms with van der Waals surface area (Å²) < 4.78 is 16.5. The van der Waals surface area contributed by atoms with Crippen molar-refractivity contribution in [3.8, 4) is 11.5 Å². The van der Waals surface area contributed by atoms with E-state index in [1.807, 2.05) is 38.1 Å². The van der Waals surface area contributed by atoms with E-state index in [0.717, 1.165) is 22.2 Å². The average molecular weight is 470 g/mol. The van der Waals surface area contributed by atoms with Crippen molar-refractivity contribution in [3.05, 3.63) is 64.1 Å². The number of benzene rings is 2. The third-order valence-electron chi connectivity index (χ3n) is 5.07. The van der Waals surface area contributed by atoms with Gasteiger partial charge in [-0.15, -0.1) is 0 Å². The van der Waals surface area contributed by atoms with Crippen molar-refractivity contribution in [2.24, 2.45) is 0 Å². The fraction of sp³-hybridized carbons (Fsp3) is 0.320. The Hall–Kier alpha value is -3.26. The lowest BCUT2D eigenvalue weighted by Crippen LogP contribution is -2.35. The summed E-state index contributed by atoms with van der Waals surface area (Å²) in [4.78, 5) is 38.1. The van der Waals surface area contributed by atoms with Gasteiger partial charge in [-0.3, -0.25) is 19.3 Å². The summed E-state index contributed by atoms with van der Waals surface area (Å²) >= 11 is 0.788. The van der Waals surface area contributed by atoms with Gasteiger partial charge in [0.15, 0.2) is 11.5 Å². The van der Waals surface area contributed by atoms with E-state index in [1.165, 1.54) is 12.7 Å². The second kappa shape index (κ2) is 11.0. The quantitative estimate of drug-likeness (QED) is 0.379. The van der Waals surface area contributed by atoms with Gasteiger partial charge in [-0.25, -0.2) is 0 Å². The van der Waals surface area contributed by atoms with Gasteiger partial charge in [-0.1, -0.05) is 42.8 Å². The zero-order valence-electron chi connectivity index (χ0n) is 19.1. The van der Waals surface area contributed by atoms with Crippen molar-refractivity contribution in [2.75, 3.05) is 13.7 Å². The first kappa shape index (κ1) is 24.4. The zero-order chi connectivity index (χ0) is 24.0. The molecule has 1 aliphatic rings. The molecule has 0 bridgehead atoms. The van der Waals surface area contributed by atoms with Crippen LogP contribution in [0.5, 0.6) is 11.5 Å². The van der Waals surface area contributed by atoms with Crippen LogP contribution in [-0.2, 0) is 20.9 Å². The largest absolute Gasteiger partial charge is 0.493 e. The Morgan fingerprint density at radius 3 is 2.52 bits per heavy atom. The number of carbonyl (C=O) groups is 3. The van der Waals surface area contributed by atoms with Crippen molar-refractivity contribution < 1.29 is 28.6 Å². The summed E-state index contributed by atoms with van der Waals surface area (Å²) in [6.45, 7) is 5.66. The summed E-state index contributed by atoms with van der Waals surface area (Å²) in [7, 11) is 1.54. The smallest absolute Gasteiger partial charge is 0.326 e. The maximum Gasteiger partial charge on any atom is 0.326 e. The van der Waals surface area contributed by atoms with E-state index >= 15 is 0 Å². The second-order valence-electron chi connectivity index (χ2n) is 7.66. The SMILES string of the molecule is CC[C@@H](C)OC(=O)CN1C(=O)S/C(=C/c2ccc(OCc3ccc(C)cc3)c(OC)c2)C1=O. The van der Waals surface area contributed by atoms with Crippen LogP contribution in [-0.4, -0.2) is 41.8 Å². The standard InChI is InChI=1S/C25H27NO6S/c1-5-17(3)32-23(27)14-26-24(28)22(33-25(26)29)13-19-10-11-20(21(12-19)30-4)31-15-18-8-6-16(2)7-9-18/h6-13,17H,5,14-15H2,1-4H3/b22-13+/t17-/m1/s1. The van der Waals surface area contributed by atoms with Crippen LogP contribution in [0.1, 0.15) is 37.0 Å². The Morgan fingerprint density at radius 2 is 1.85 bits per heavy atom. The van der Waals surface area contributed by atoms with E-state index < -0.39 is 23.7 Å². The highest BCUT2D eigenvalue weighted by Gasteiger charge is 2.36. The molecule has 1 aliphatic heterocycles. The predicted molar refractivity (Wildman–Crippen MR) is 127 cm³/mol. The van der Waals surface area contributed by atoms with Crippen LogP contribution in [0, 0.1) is 6.92 Å². The van der Waals surface area contributed by atoms with E-state index in [4.69, 9.17) is 14.2 Å². The monoisotopic (exact) mass is 469 g/mol. The van der Waals surface area contributed by atoms with Crippen molar-refractivity contribution in [1.82, 2.24) is 4.90 Å².